The summed E-state index contributed by atoms with van der Waals surface area (Å²) in [4.78, 5) is 2.47. The molecule has 1 heterocycles. The Labute approximate surface area is 143 Å². The molecule has 0 unspecified atom stereocenters. The molecule has 0 aliphatic carbocycles. The van der Waals surface area contributed by atoms with Crippen LogP contribution in [-0.2, 0) is 0 Å². The maximum atomic E-state index is 6.60. The summed E-state index contributed by atoms with van der Waals surface area (Å²) in [5.74, 6) is 0. The van der Waals surface area contributed by atoms with Crippen molar-refractivity contribution in [3.8, 4) is 22.3 Å². The second kappa shape index (κ2) is 6.40. The summed E-state index contributed by atoms with van der Waals surface area (Å²) in [5.41, 5.74) is 13.3. The van der Waals surface area contributed by atoms with Crippen molar-refractivity contribution in [3.63, 3.8) is 0 Å². The maximum Gasteiger partial charge on any atom is 0.0474 e. The van der Waals surface area contributed by atoms with Gasteiger partial charge in [-0.25, -0.2) is 0 Å². The van der Waals surface area contributed by atoms with Crippen LogP contribution in [0.4, 0.5) is 11.4 Å². The molecule has 2 N–H and O–H groups in total. The van der Waals surface area contributed by atoms with E-state index in [0.717, 1.165) is 29.9 Å². The number of hydrogen-bond donors (Lipinski definition) is 1. The molecule has 4 rings (SSSR count). The van der Waals surface area contributed by atoms with Crippen LogP contribution in [0.25, 0.3) is 22.3 Å². The lowest BCUT2D eigenvalue weighted by Crippen LogP contribution is -2.18. The molecule has 0 atom stereocenters. The van der Waals surface area contributed by atoms with Gasteiger partial charge >= 0.3 is 0 Å². The Hall–Kier alpha value is -2.74. The van der Waals surface area contributed by atoms with E-state index in [2.05, 4.69) is 65.6 Å². The minimum Gasteiger partial charge on any atom is -0.398 e. The molecule has 0 aromatic heterocycles. The van der Waals surface area contributed by atoms with E-state index in [1.807, 2.05) is 12.1 Å². The van der Waals surface area contributed by atoms with E-state index < -0.39 is 0 Å². The van der Waals surface area contributed by atoms with Gasteiger partial charge in [-0.05, 0) is 36.1 Å². The van der Waals surface area contributed by atoms with Crippen LogP contribution in [-0.4, -0.2) is 13.1 Å². The van der Waals surface area contributed by atoms with E-state index in [9.17, 15) is 0 Å². The van der Waals surface area contributed by atoms with E-state index >= 15 is 0 Å². The fourth-order valence-corrected chi connectivity index (χ4v) is 3.51. The summed E-state index contributed by atoms with van der Waals surface area (Å²) < 4.78 is 0. The summed E-state index contributed by atoms with van der Waals surface area (Å²) in [6.45, 7) is 2.26. The monoisotopic (exact) mass is 314 g/mol. The van der Waals surface area contributed by atoms with Crippen LogP contribution in [0.15, 0.2) is 72.8 Å². The number of benzene rings is 3. The van der Waals surface area contributed by atoms with Gasteiger partial charge in [0.25, 0.3) is 0 Å². The third-order valence-corrected chi connectivity index (χ3v) is 4.81. The van der Waals surface area contributed by atoms with Crippen molar-refractivity contribution in [2.75, 3.05) is 23.7 Å². The fraction of sp³-hybridized carbons (Fsp3) is 0.182. The number of anilines is 2. The highest BCUT2D eigenvalue weighted by atomic mass is 15.1. The predicted molar refractivity (Wildman–Crippen MR) is 103 cm³/mol. The number of rotatable bonds is 3. The highest BCUT2D eigenvalue weighted by Gasteiger charge is 2.17. The van der Waals surface area contributed by atoms with Gasteiger partial charge in [-0.15, -0.1) is 0 Å². The Kier molecular flexibility index (Phi) is 3.96. The molecule has 120 valence electrons. The average molecular weight is 314 g/mol. The van der Waals surface area contributed by atoms with Gasteiger partial charge in [0.2, 0.25) is 0 Å². The van der Waals surface area contributed by atoms with Crippen LogP contribution in [0.1, 0.15) is 12.8 Å². The van der Waals surface area contributed by atoms with E-state index in [0.29, 0.717) is 0 Å². The molecule has 0 amide bonds. The van der Waals surface area contributed by atoms with Gasteiger partial charge in [-0.1, -0.05) is 60.7 Å². The van der Waals surface area contributed by atoms with Crippen molar-refractivity contribution in [2.24, 2.45) is 0 Å². The third kappa shape index (κ3) is 2.76. The minimum absolute atomic E-state index is 0.857. The first-order valence-electron chi connectivity index (χ1n) is 8.62. The Balaban J connectivity index is 1.91. The van der Waals surface area contributed by atoms with Gasteiger partial charge in [-0.3, -0.25) is 0 Å². The molecule has 2 nitrogen and oxygen atoms in total. The molecule has 0 spiro atoms. The largest absolute Gasteiger partial charge is 0.398 e. The second-order valence-electron chi connectivity index (χ2n) is 6.38. The summed E-state index contributed by atoms with van der Waals surface area (Å²) in [7, 11) is 0. The zero-order valence-corrected chi connectivity index (χ0v) is 13.8. The van der Waals surface area contributed by atoms with E-state index in [-0.39, 0.29) is 0 Å². The Morgan fingerprint density at radius 3 is 1.58 bits per heavy atom. The Morgan fingerprint density at radius 1 is 0.667 bits per heavy atom. The van der Waals surface area contributed by atoms with Gasteiger partial charge in [-0.2, -0.15) is 0 Å². The first-order chi connectivity index (χ1) is 11.8. The lowest BCUT2D eigenvalue weighted by Gasteiger charge is -2.22. The summed E-state index contributed by atoms with van der Waals surface area (Å²) in [5, 5.41) is 0. The van der Waals surface area contributed by atoms with Crippen molar-refractivity contribution in [2.45, 2.75) is 12.8 Å². The fourth-order valence-electron chi connectivity index (χ4n) is 3.51. The second-order valence-corrected chi connectivity index (χ2v) is 6.38. The quantitative estimate of drug-likeness (QED) is 0.673. The van der Waals surface area contributed by atoms with Gasteiger partial charge in [0.15, 0.2) is 0 Å². The molecular weight excluding hydrogens is 292 g/mol. The van der Waals surface area contributed by atoms with Crippen LogP contribution in [0.5, 0.6) is 0 Å². The van der Waals surface area contributed by atoms with Crippen molar-refractivity contribution >= 4 is 11.4 Å². The lowest BCUT2D eigenvalue weighted by molar-refractivity contribution is 0.949. The van der Waals surface area contributed by atoms with Crippen LogP contribution in [0.2, 0.25) is 0 Å². The SMILES string of the molecule is Nc1c(-c2ccccc2)cc(N2CCCC2)cc1-c1ccccc1. The number of nitrogen functional groups attached to an aromatic ring is 1. The van der Waals surface area contributed by atoms with Crippen molar-refractivity contribution in [1.29, 1.82) is 0 Å². The molecule has 0 saturated carbocycles. The first-order valence-corrected chi connectivity index (χ1v) is 8.62. The van der Waals surface area contributed by atoms with Crippen LogP contribution >= 0.6 is 0 Å². The molecule has 3 aromatic carbocycles. The van der Waals surface area contributed by atoms with Crippen LogP contribution in [0.3, 0.4) is 0 Å². The van der Waals surface area contributed by atoms with E-state index in [1.54, 1.807) is 0 Å². The van der Waals surface area contributed by atoms with Gasteiger partial charge < -0.3 is 10.6 Å². The molecule has 1 fully saturated rings. The molecule has 3 aromatic rings. The van der Waals surface area contributed by atoms with E-state index in [1.165, 1.54) is 29.7 Å². The molecule has 0 bridgehead atoms. The Morgan fingerprint density at radius 2 is 1.12 bits per heavy atom. The van der Waals surface area contributed by atoms with Crippen molar-refractivity contribution in [3.05, 3.63) is 72.8 Å². The molecule has 2 heteroatoms. The summed E-state index contributed by atoms with van der Waals surface area (Å²) in [6, 6.07) is 25.4. The lowest BCUT2D eigenvalue weighted by atomic mass is 9.95. The molecule has 1 aliphatic rings. The van der Waals surface area contributed by atoms with E-state index in [4.69, 9.17) is 5.73 Å². The zero-order valence-electron chi connectivity index (χ0n) is 13.8. The molecule has 1 saturated heterocycles. The first kappa shape index (κ1) is 14.8. The standard InChI is InChI=1S/C22H22N2/c23-22-20(17-9-3-1-4-10-17)15-19(24-13-7-8-14-24)16-21(22)18-11-5-2-6-12-18/h1-6,9-12,15-16H,7-8,13-14,23H2. The Bertz CT molecular complexity index is 759. The molecule has 24 heavy (non-hydrogen) atoms. The molecule has 0 radical (unpaired) electrons. The highest BCUT2D eigenvalue weighted by molar-refractivity contribution is 5.92. The molecule has 1 aliphatic heterocycles. The van der Waals surface area contributed by atoms with Gasteiger partial charge in [0, 0.05) is 35.6 Å². The summed E-state index contributed by atoms with van der Waals surface area (Å²) in [6.07, 6.45) is 2.54. The number of nitrogens with two attached hydrogens (primary N) is 1. The van der Waals surface area contributed by atoms with Crippen LogP contribution < -0.4 is 10.6 Å². The van der Waals surface area contributed by atoms with Gasteiger partial charge in [0.05, 0.1) is 0 Å². The third-order valence-electron chi connectivity index (χ3n) is 4.81. The minimum atomic E-state index is 0.857. The number of hydrogen-bond acceptors (Lipinski definition) is 2. The van der Waals surface area contributed by atoms with Gasteiger partial charge in [0.1, 0.15) is 0 Å². The number of nitrogens with zero attached hydrogens (tertiary/aromatic N) is 1. The van der Waals surface area contributed by atoms with Crippen molar-refractivity contribution < 1.29 is 0 Å². The predicted octanol–water partition coefficient (Wildman–Crippen LogP) is 5.20. The highest BCUT2D eigenvalue weighted by Crippen LogP contribution is 2.39. The normalized spacial score (nSPS) is 14.1. The zero-order chi connectivity index (χ0) is 16.4. The van der Waals surface area contributed by atoms with Crippen LogP contribution in [0, 0.1) is 0 Å². The smallest absolute Gasteiger partial charge is 0.0474 e. The topological polar surface area (TPSA) is 29.3 Å². The summed E-state index contributed by atoms with van der Waals surface area (Å²) >= 11 is 0. The molecular formula is C22H22N2. The average Bonchev–Trinajstić information content (AvgIpc) is 3.18. The van der Waals surface area contributed by atoms with Crippen molar-refractivity contribution in [1.82, 2.24) is 0 Å². The maximum absolute atomic E-state index is 6.60.